The molecule has 1 heterocycles. The second-order valence-electron chi connectivity index (χ2n) is 3.97. The fraction of sp³-hybridized carbons (Fsp3) is 0.455. The minimum atomic E-state index is 0.723. The Morgan fingerprint density at radius 2 is 2.08 bits per heavy atom. The second kappa shape index (κ2) is 3.45. The SMILES string of the molecule is CB1CCCN1c1ccccc1C. The normalized spacial score (nSPS) is 16.8. The maximum absolute atomic E-state index is 2.52. The van der Waals surface area contributed by atoms with Crippen molar-refractivity contribution in [1.82, 2.24) is 0 Å². The van der Waals surface area contributed by atoms with Gasteiger partial charge in [0.15, 0.2) is 0 Å². The molecular weight excluding hydrogens is 157 g/mol. The Morgan fingerprint density at radius 1 is 1.31 bits per heavy atom. The highest BCUT2D eigenvalue weighted by Crippen LogP contribution is 2.26. The third kappa shape index (κ3) is 1.58. The van der Waals surface area contributed by atoms with Crippen LogP contribution in [-0.2, 0) is 0 Å². The number of nitrogens with zero attached hydrogens (tertiary/aromatic N) is 1. The summed E-state index contributed by atoms with van der Waals surface area (Å²) in [7, 11) is 0. The van der Waals surface area contributed by atoms with Gasteiger partial charge in [0.25, 0.3) is 6.85 Å². The van der Waals surface area contributed by atoms with Crippen LogP contribution in [0.15, 0.2) is 24.3 Å². The largest absolute Gasteiger partial charge is 0.415 e. The van der Waals surface area contributed by atoms with Gasteiger partial charge < -0.3 is 4.81 Å². The lowest BCUT2D eigenvalue weighted by Gasteiger charge is -2.24. The van der Waals surface area contributed by atoms with Crippen LogP contribution in [0.5, 0.6) is 0 Å². The maximum Gasteiger partial charge on any atom is 0.251 e. The Morgan fingerprint density at radius 3 is 2.69 bits per heavy atom. The molecule has 0 bridgehead atoms. The Labute approximate surface area is 80.9 Å². The van der Waals surface area contributed by atoms with Crippen molar-refractivity contribution in [3.8, 4) is 0 Å². The summed E-state index contributed by atoms with van der Waals surface area (Å²) in [4.78, 5) is 2.52. The molecule has 2 heteroatoms. The molecule has 1 aromatic carbocycles. The van der Waals surface area contributed by atoms with E-state index < -0.39 is 0 Å². The second-order valence-corrected chi connectivity index (χ2v) is 3.97. The van der Waals surface area contributed by atoms with E-state index in [9.17, 15) is 0 Å². The predicted octanol–water partition coefficient (Wildman–Crippen LogP) is 2.83. The molecule has 0 amide bonds. The van der Waals surface area contributed by atoms with Crippen molar-refractivity contribution in [2.75, 3.05) is 11.4 Å². The summed E-state index contributed by atoms with van der Waals surface area (Å²) < 4.78 is 0. The lowest BCUT2D eigenvalue weighted by atomic mass is 9.62. The lowest BCUT2D eigenvalue weighted by Crippen LogP contribution is -2.30. The quantitative estimate of drug-likeness (QED) is 0.590. The van der Waals surface area contributed by atoms with E-state index in [-0.39, 0.29) is 0 Å². The van der Waals surface area contributed by atoms with Crippen LogP contribution in [0, 0.1) is 6.92 Å². The topological polar surface area (TPSA) is 3.24 Å². The Kier molecular flexibility index (Phi) is 2.30. The van der Waals surface area contributed by atoms with E-state index in [1.807, 2.05) is 0 Å². The lowest BCUT2D eigenvalue weighted by molar-refractivity contribution is 0.979. The summed E-state index contributed by atoms with van der Waals surface area (Å²) >= 11 is 0. The standard InChI is InChI=1S/C11H16BN/c1-10-6-3-4-7-11(10)13-9-5-8-12(13)2/h3-4,6-7H,5,8-9H2,1-2H3. The summed E-state index contributed by atoms with van der Waals surface area (Å²) in [5.74, 6) is 0. The number of benzene rings is 1. The average molecular weight is 173 g/mol. The molecule has 2 rings (SSSR count). The van der Waals surface area contributed by atoms with Gasteiger partial charge in [-0.05, 0) is 25.0 Å². The van der Waals surface area contributed by atoms with Crippen molar-refractivity contribution >= 4 is 12.5 Å². The van der Waals surface area contributed by atoms with Gasteiger partial charge in [0.2, 0.25) is 0 Å². The van der Waals surface area contributed by atoms with Crippen LogP contribution in [0.2, 0.25) is 13.1 Å². The van der Waals surface area contributed by atoms with Crippen molar-refractivity contribution < 1.29 is 0 Å². The zero-order valence-electron chi connectivity index (χ0n) is 8.46. The van der Waals surface area contributed by atoms with Crippen molar-refractivity contribution in [2.24, 2.45) is 0 Å². The highest BCUT2D eigenvalue weighted by atomic mass is 15.1. The molecule has 1 aromatic rings. The molecule has 1 nitrogen and oxygen atoms in total. The average Bonchev–Trinajstić information content (AvgIpc) is 2.52. The first kappa shape index (κ1) is 8.67. The van der Waals surface area contributed by atoms with Crippen LogP contribution in [0.3, 0.4) is 0 Å². The van der Waals surface area contributed by atoms with Crippen molar-refractivity contribution in [3.05, 3.63) is 29.8 Å². The molecule has 13 heavy (non-hydrogen) atoms. The molecular formula is C11H16BN. The van der Waals surface area contributed by atoms with E-state index >= 15 is 0 Å². The molecule has 0 spiro atoms. The van der Waals surface area contributed by atoms with Crippen LogP contribution in [0.25, 0.3) is 0 Å². The van der Waals surface area contributed by atoms with E-state index in [2.05, 4.69) is 42.8 Å². The highest BCUT2D eigenvalue weighted by molar-refractivity contribution is 6.62. The molecule has 0 N–H and O–H groups in total. The van der Waals surface area contributed by atoms with Crippen LogP contribution >= 0.6 is 0 Å². The number of aryl methyl sites for hydroxylation is 1. The number of rotatable bonds is 1. The molecule has 0 atom stereocenters. The Balaban J connectivity index is 2.29. The molecule has 0 aromatic heterocycles. The highest BCUT2D eigenvalue weighted by Gasteiger charge is 2.24. The zero-order chi connectivity index (χ0) is 9.26. The van der Waals surface area contributed by atoms with Crippen molar-refractivity contribution in [2.45, 2.75) is 26.5 Å². The van der Waals surface area contributed by atoms with Gasteiger partial charge in [-0.1, -0.05) is 31.3 Å². The van der Waals surface area contributed by atoms with Gasteiger partial charge in [-0.2, -0.15) is 0 Å². The van der Waals surface area contributed by atoms with Crippen molar-refractivity contribution in [3.63, 3.8) is 0 Å². The summed E-state index contributed by atoms with van der Waals surface area (Å²) in [6.45, 7) is 6.47. The van der Waals surface area contributed by atoms with E-state index in [4.69, 9.17) is 0 Å². The van der Waals surface area contributed by atoms with Crippen LogP contribution < -0.4 is 4.81 Å². The number of hydrogen-bond acceptors (Lipinski definition) is 1. The van der Waals surface area contributed by atoms with E-state index in [0.29, 0.717) is 0 Å². The number of anilines is 1. The fourth-order valence-corrected chi connectivity index (χ4v) is 2.18. The van der Waals surface area contributed by atoms with Crippen LogP contribution in [0.1, 0.15) is 12.0 Å². The third-order valence-corrected chi connectivity index (χ3v) is 2.98. The van der Waals surface area contributed by atoms with E-state index in [0.717, 1.165) is 6.85 Å². The van der Waals surface area contributed by atoms with Gasteiger partial charge in [-0.3, -0.25) is 0 Å². The molecule has 68 valence electrons. The van der Waals surface area contributed by atoms with Crippen LogP contribution in [-0.4, -0.2) is 13.4 Å². The number of para-hydroxylation sites is 1. The van der Waals surface area contributed by atoms with Gasteiger partial charge in [0.1, 0.15) is 0 Å². The summed E-state index contributed by atoms with van der Waals surface area (Å²) in [5, 5.41) is 0. The van der Waals surface area contributed by atoms with Gasteiger partial charge in [0.05, 0.1) is 0 Å². The molecule has 0 saturated carbocycles. The third-order valence-electron chi connectivity index (χ3n) is 2.98. The van der Waals surface area contributed by atoms with Gasteiger partial charge >= 0.3 is 0 Å². The molecule has 1 saturated heterocycles. The summed E-state index contributed by atoms with van der Waals surface area (Å²) in [6, 6.07) is 8.67. The van der Waals surface area contributed by atoms with Crippen LogP contribution in [0.4, 0.5) is 5.69 Å². The van der Waals surface area contributed by atoms with E-state index in [1.54, 1.807) is 0 Å². The molecule has 1 fully saturated rings. The first-order chi connectivity index (χ1) is 6.29. The van der Waals surface area contributed by atoms with Gasteiger partial charge in [-0.15, -0.1) is 0 Å². The zero-order valence-corrected chi connectivity index (χ0v) is 8.46. The molecule has 0 unspecified atom stereocenters. The Hall–Kier alpha value is -0.915. The van der Waals surface area contributed by atoms with E-state index in [1.165, 1.54) is 30.5 Å². The Bertz CT molecular complexity index is 298. The first-order valence-electron chi connectivity index (χ1n) is 5.11. The molecule has 0 aliphatic carbocycles. The van der Waals surface area contributed by atoms with Gasteiger partial charge in [-0.25, -0.2) is 0 Å². The summed E-state index contributed by atoms with van der Waals surface area (Å²) in [5.41, 5.74) is 2.82. The smallest absolute Gasteiger partial charge is 0.251 e. The molecule has 1 aliphatic heterocycles. The minimum Gasteiger partial charge on any atom is -0.415 e. The number of hydrogen-bond donors (Lipinski definition) is 0. The van der Waals surface area contributed by atoms with Gasteiger partial charge in [0, 0.05) is 12.2 Å². The molecule has 1 aliphatic rings. The van der Waals surface area contributed by atoms with Crippen molar-refractivity contribution in [1.29, 1.82) is 0 Å². The summed E-state index contributed by atoms with van der Waals surface area (Å²) in [6.07, 6.45) is 2.68. The first-order valence-corrected chi connectivity index (χ1v) is 5.11. The maximum atomic E-state index is 2.52. The fourth-order valence-electron chi connectivity index (χ4n) is 2.18. The predicted molar refractivity (Wildman–Crippen MR) is 59.6 cm³/mol. The minimum absolute atomic E-state index is 0.723. The molecule has 0 radical (unpaired) electrons. The monoisotopic (exact) mass is 173 g/mol.